The maximum Gasteiger partial charge on any atom is 0.240 e. The number of hydrogen-bond acceptors (Lipinski definition) is 6. The Kier molecular flexibility index (Phi) is 4.33. The summed E-state index contributed by atoms with van der Waals surface area (Å²) < 4.78 is 5.26. The molecule has 0 bridgehead atoms. The lowest BCUT2D eigenvalue weighted by Gasteiger charge is -2.28. The number of benzene rings is 1. The van der Waals surface area contributed by atoms with E-state index in [1.807, 2.05) is 54.1 Å². The van der Waals surface area contributed by atoms with Crippen LogP contribution in [0.25, 0.3) is 11.4 Å². The summed E-state index contributed by atoms with van der Waals surface area (Å²) >= 11 is 1.59. The van der Waals surface area contributed by atoms with Crippen LogP contribution in [0.2, 0.25) is 0 Å². The minimum absolute atomic E-state index is 0.0253. The highest BCUT2D eigenvalue weighted by molar-refractivity contribution is 7.08. The van der Waals surface area contributed by atoms with Gasteiger partial charge in [0.1, 0.15) is 0 Å². The van der Waals surface area contributed by atoms with E-state index >= 15 is 0 Å². The van der Waals surface area contributed by atoms with E-state index < -0.39 is 5.54 Å². The Bertz CT molecular complexity index is 712. The van der Waals surface area contributed by atoms with E-state index in [4.69, 9.17) is 4.52 Å². The molecule has 0 aliphatic carbocycles. The normalized spacial score (nSPS) is 13.9. The van der Waals surface area contributed by atoms with Crippen molar-refractivity contribution >= 4 is 11.3 Å². The molecule has 0 aliphatic rings. The van der Waals surface area contributed by atoms with Crippen LogP contribution in [0.4, 0.5) is 0 Å². The van der Waals surface area contributed by atoms with Gasteiger partial charge in [-0.1, -0.05) is 35.5 Å². The largest absolute Gasteiger partial charge is 0.394 e. The van der Waals surface area contributed by atoms with Crippen molar-refractivity contribution in [2.45, 2.75) is 19.0 Å². The van der Waals surface area contributed by atoms with Gasteiger partial charge in [0, 0.05) is 10.9 Å². The molecule has 0 saturated heterocycles. The number of nitrogens with one attached hydrogen (secondary N) is 1. The average Bonchev–Trinajstić information content (AvgIpc) is 3.24. The summed E-state index contributed by atoms with van der Waals surface area (Å²) in [5, 5.41) is 21.0. The van der Waals surface area contributed by atoms with Crippen LogP contribution in [0, 0.1) is 0 Å². The first kappa shape index (κ1) is 14.9. The topological polar surface area (TPSA) is 71.2 Å². The van der Waals surface area contributed by atoms with Crippen LogP contribution in [-0.4, -0.2) is 21.9 Å². The van der Waals surface area contributed by atoms with Gasteiger partial charge in [0.25, 0.3) is 0 Å². The van der Waals surface area contributed by atoms with Crippen LogP contribution in [0.3, 0.4) is 0 Å². The average molecular weight is 315 g/mol. The molecular weight excluding hydrogens is 298 g/mol. The molecule has 3 aromatic rings. The third kappa shape index (κ3) is 3.09. The van der Waals surface area contributed by atoms with Crippen molar-refractivity contribution in [2.75, 3.05) is 6.61 Å². The third-order valence-electron chi connectivity index (χ3n) is 3.60. The number of rotatable bonds is 6. The van der Waals surface area contributed by atoms with Crippen molar-refractivity contribution in [2.24, 2.45) is 0 Å². The van der Waals surface area contributed by atoms with Gasteiger partial charge in [0.2, 0.25) is 11.7 Å². The van der Waals surface area contributed by atoms with E-state index in [0.717, 1.165) is 11.1 Å². The minimum atomic E-state index is -0.557. The van der Waals surface area contributed by atoms with Crippen molar-refractivity contribution in [3.05, 3.63) is 58.6 Å². The van der Waals surface area contributed by atoms with Crippen LogP contribution in [0.1, 0.15) is 18.4 Å². The second kappa shape index (κ2) is 6.39. The number of thiophene rings is 1. The highest BCUT2D eigenvalue weighted by Crippen LogP contribution is 2.22. The first-order valence-corrected chi connectivity index (χ1v) is 7.92. The molecule has 2 N–H and O–H groups in total. The monoisotopic (exact) mass is 315 g/mol. The second-order valence-corrected chi connectivity index (χ2v) is 6.01. The van der Waals surface area contributed by atoms with Crippen molar-refractivity contribution < 1.29 is 9.63 Å². The second-order valence-electron chi connectivity index (χ2n) is 5.23. The summed E-state index contributed by atoms with van der Waals surface area (Å²) in [5.74, 6) is 1.08. The Morgan fingerprint density at radius 1 is 1.27 bits per heavy atom. The van der Waals surface area contributed by atoms with Gasteiger partial charge < -0.3 is 9.63 Å². The van der Waals surface area contributed by atoms with Gasteiger partial charge in [-0.15, -0.1) is 0 Å². The molecule has 0 aliphatic heterocycles. The van der Waals surface area contributed by atoms with E-state index in [2.05, 4.69) is 15.5 Å². The highest BCUT2D eigenvalue weighted by atomic mass is 32.1. The molecule has 114 valence electrons. The summed E-state index contributed by atoms with van der Waals surface area (Å²) in [7, 11) is 0. The van der Waals surface area contributed by atoms with Gasteiger partial charge in [-0.05, 0) is 23.9 Å². The fourth-order valence-electron chi connectivity index (χ4n) is 2.16. The predicted molar refractivity (Wildman–Crippen MR) is 85.3 cm³/mol. The maximum atomic E-state index is 9.74. The first-order chi connectivity index (χ1) is 10.7. The van der Waals surface area contributed by atoms with E-state index in [0.29, 0.717) is 18.3 Å². The number of aromatic nitrogens is 2. The summed E-state index contributed by atoms with van der Waals surface area (Å²) in [6, 6.07) is 11.8. The van der Waals surface area contributed by atoms with E-state index in [-0.39, 0.29) is 6.61 Å². The van der Waals surface area contributed by atoms with Gasteiger partial charge >= 0.3 is 0 Å². The SMILES string of the molecule is CC(CO)(NCc1nc(-c2ccsc2)no1)c1ccccc1. The van der Waals surface area contributed by atoms with Gasteiger partial charge in [-0.2, -0.15) is 16.3 Å². The lowest BCUT2D eigenvalue weighted by atomic mass is 9.93. The van der Waals surface area contributed by atoms with Crippen molar-refractivity contribution in [3.63, 3.8) is 0 Å². The van der Waals surface area contributed by atoms with Crippen LogP contribution in [0.5, 0.6) is 0 Å². The van der Waals surface area contributed by atoms with Gasteiger partial charge in [0.15, 0.2) is 0 Å². The van der Waals surface area contributed by atoms with Crippen molar-refractivity contribution in [1.29, 1.82) is 0 Å². The zero-order valence-electron chi connectivity index (χ0n) is 12.2. The van der Waals surface area contributed by atoms with Gasteiger partial charge in [-0.3, -0.25) is 5.32 Å². The fraction of sp³-hybridized carbons (Fsp3) is 0.250. The Morgan fingerprint density at radius 3 is 2.77 bits per heavy atom. The number of aliphatic hydroxyl groups excluding tert-OH is 1. The smallest absolute Gasteiger partial charge is 0.240 e. The molecule has 1 aromatic carbocycles. The van der Waals surface area contributed by atoms with Gasteiger partial charge in [-0.25, -0.2) is 0 Å². The summed E-state index contributed by atoms with van der Waals surface area (Å²) in [6.45, 7) is 2.31. The Balaban J connectivity index is 1.71. The molecule has 3 rings (SSSR count). The quantitative estimate of drug-likeness (QED) is 0.732. The number of nitrogens with zero attached hydrogens (tertiary/aromatic N) is 2. The summed E-state index contributed by atoms with van der Waals surface area (Å²) in [6.07, 6.45) is 0. The van der Waals surface area contributed by atoms with E-state index in [1.165, 1.54) is 0 Å². The number of hydrogen-bond donors (Lipinski definition) is 2. The molecule has 2 heterocycles. The predicted octanol–water partition coefficient (Wildman–Crippen LogP) is 2.80. The molecule has 5 nitrogen and oxygen atoms in total. The molecule has 0 saturated carbocycles. The molecule has 2 aromatic heterocycles. The number of aliphatic hydroxyl groups is 1. The first-order valence-electron chi connectivity index (χ1n) is 6.98. The Morgan fingerprint density at radius 2 is 2.09 bits per heavy atom. The molecule has 6 heteroatoms. The zero-order chi connectivity index (χ0) is 15.4. The maximum absolute atomic E-state index is 9.74. The molecule has 1 atom stereocenters. The highest BCUT2D eigenvalue weighted by Gasteiger charge is 2.25. The molecule has 22 heavy (non-hydrogen) atoms. The van der Waals surface area contributed by atoms with Crippen LogP contribution in [0.15, 0.2) is 51.7 Å². The Hall–Kier alpha value is -2.02. The van der Waals surface area contributed by atoms with E-state index in [1.54, 1.807) is 11.3 Å². The van der Waals surface area contributed by atoms with Crippen molar-refractivity contribution in [1.82, 2.24) is 15.5 Å². The fourth-order valence-corrected chi connectivity index (χ4v) is 2.80. The molecule has 0 spiro atoms. The zero-order valence-corrected chi connectivity index (χ0v) is 13.0. The summed E-state index contributed by atoms with van der Waals surface area (Å²) in [4.78, 5) is 4.37. The van der Waals surface area contributed by atoms with Crippen LogP contribution >= 0.6 is 11.3 Å². The molecule has 0 amide bonds. The molecular formula is C16H17N3O2S. The Labute approximate surface area is 132 Å². The van der Waals surface area contributed by atoms with Crippen LogP contribution in [-0.2, 0) is 12.1 Å². The molecule has 0 radical (unpaired) electrons. The molecule has 1 unspecified atom stereocenters. The lowest BCUT2D eigenvalue weighted by molar-refractivity contribution is 0.168. The molecule has 0 fully saturated rings. The standard InChI is InChI=1S/C16H17N3O2S/c1-16(11-20,13-5-3-2-4-6-13)17-9-14-18-15(19-21-14)12-7-8-22-10-12/h2-8,10,17,20H,9,11H2,1H3. The van der Waals surface area contributed by atoms with E-state index in [9.17, 15) is 5.11 Å². The lowest BCUT2D eigenvalue weighted by Crippen LogP contribution is -2.42. The minimum Gasteiger partial charge on any atom is -0.394 e. The third-order valence-corrected chi connectivity index (χ3v) is 4.29. The summed E-state index contributed by atoms with van der Waals surface area (Å²) in [5.41, 5.74) is 1.40. The van der Waals surface area contributed by atoms with Crippen molar-refractivity contribution in [3.8, 4) is 11.4 Å². The van der Waals surface area contributed by atoms with Gasteiger partial charge in [0.05, 0.1) is 18.7 Å². The van der Waals surface area contributed by atoms with Crippen LogP contribution < -0.4 is 5.32 Å².